The van der Waals surface area contributed by atoms with Crippen LogP contribution in [0.3, 0.4) is 0 Å². The van der Waals surface area contributed by atoms with Crippen molar-refractivity contribution in [2.45, 2.75) is 19.8 Å². The zero-order valence-electron chi connectivity index (χ0n) is 8.31. The second kappa shape index (κ2) is 4.56. The quantitative estimate of drug-likeness (QED) is 0.544. The summed E-state index contributed by atoms with van der Waals surface area (Å²) in [6, 6.07) is 7.75. The maximum atomic E-state index is 10.1. The molecule has 0 heterocycles. The maximum Gasteiger partial charge on any atom is 0.235 e. The zero-order chi connectivity index (χ0) is 10.6. The summed E-state index contributed by atoms with van der Waals surface area (Å²) >= 11 is 0. The highest BCUT2D eigenvalue weighted by Gasteiger charge is 1.98. The molecule has 0 unspecified atom stereocenters. The van der Waals surface area contributed by atoms with Crippen LogP contribution in [0.15, 0.2) is 30.5 Å². The first-order chi connectivity index (χ1) is 6.59. The van der Waals surface area contributed by atoms with Gasteiger partial charge in [-0.3, -0.25) is 10.1 Å². The van der Waals surface area contributed by atoms with Gasteiger partial charge in [-0.25, -0.2) is 0 Å². The molecule has 0 saturated heterocycles. The maximum absolute atomic E-state index is 10.1. The van der Waals surface area contributed by atoms with Crippen LogP contribution in [0.5, 0.6) is 0 Å². The molecule has 3 heteroatoms. The Kier molecular flexibility index (Phi) is 3.40. The van der Waals surface area contributed by atoms with E-state index < -0.39 is 4.92 Å². The fraction of sp³-hybridized carbons (Fsp3) is 0.273. The molecule has 0 aromatic heterocycles. The molecule has 0 radical (unpaired) electrons. The lowest BCUT2D eigenvalue weighted by Gasteiger charge is -2.04. The SMILES string of the molecule is CC(C)c1cccc(/C=C/[N+](=O)[O-])c1. The van der Waals surface area contributed by atoms with E-state index in [0.717, 1.165) is 11.8 Å². The highest BCUT2D eigenvalue weighted by atomic mass is 16.6. The predicted octanol–water partition coefficient (Wildman–Crippen LogP) is 3.06. The molecule has 0 atom stereocenters. The first-order valence-electron chi connectivity index (χ1n) is 4.51. The van der Waals surface area contributed by atoms with Gasteiger partial charge in [0.15, 0.2) is 0 Å². The standard InChI is InChI=1S/C11H13NO2/c1-9(2)11-5-3-4-10(8-11)6-7-12(13)14/h3-9H,1-2H3/b7-6+. The second-order valence-corrected chi connectivity index (χ2v) is 3.43. The predicted molar refractivity (Wildman–Crippen MR) is 56.6 cm³/mol. The fourth-order valence-electron chi connectivity index (χ4n) is 1.17. The number of nitro groups is 1. The van der Waals surface area contributed by atoms with E-state index >= 15 is 0 Å². The second-order valence-electron chi connectivity index (χ2n) is 3.43. The summed E-state index contributed by atoms with van der Waals surface area (Å²) in [5.41, 5.74) is 2.06. The van der Waals surface area contributed by atoms with Crippen molar-refractivity contribution in [2.24, 2.45) is 0 Å². The Morgan fingerprint density at radius 2 is 2.14 bits per heavy atom. The van der Waals surface area contributed by atoms with Gasteiger partial charge >= 0.3 is 0 Å². The molecule has 0 bridgehead atoms. The molecule has 0 aliphatic heterocycles. The Hall–Kier alpha value is -1.64. The molecule has 74 valence electrons. The molecule has 0 N–H and O–H groups in total. The van der Waals surface area contributed by atoms with Gasteiger partial charge in [-0.05, 0) is 17.0 Å². The van der Waals surface area contributed by atoms with E-state index in [0.29, 0.717) is 5.92 Å². The van der Waals surface area contributed by atoms with Gasteiger partial charge in [-0.15, -0.1) is 0 Å². The van der Waals surface area contributed by atoms with Crippen LogP contribution in [0.25, 0.3) is 6.08 Å². The third-order valence-corrected chi connectivity index (χ3v) is 1.97. The number of hydrogen-bond donors (Lipinski definition) is 0. The Labute approximate surface area is 83.2 Å². The average Bonchev–Trinajstić information content (AvgIpc) is 2.15. The Bertz CT molecular complexity index is 356. The lowest BCUT2D eigenvalue weighted by atomic mass is 10.0. The molecular weight excluding hydrogens is 178 g/mol. The van der Waals surface area contributed by atoms with Crippen LogP contribution in [-0.4, -0.2) is 4.92 Å². The minimum atomic E-state index is -0.456. The van der Waals surface area contributed by atoms with Crippen LogP contribution in [0.4, 0.5) is 0 Å². The minimum absolute atomic E-state index is 0.443. The molecule has 1 aromatic rings. The number of rotatable bonds is 3. The van der Waals surface area contributed by atoms with Crippen LogP contribution in [0.2, 0.25) is 0 Å². The minimum Gasteiger partial charge on any atom is -0.259 e. The lowest BCUT2D eigenvalue weighted by Crippen LogP contribution is -1.88. The van der Waals surface area contributed by atoms with Crippen molar-refractivity contribution >= 4 is 6.08 Å². The topological polar surface area (TPSA) is 43.1 Å². The summed E-state index contributed by atoms with van der Waals surface area (Å²) in [6.07, 6.45) is 2.46. The lowest BCUT2D eigenvalue weighted by molar-refractivity contribution is -0.400. The summed E-state index contributed by atoms with van der Waals surface area (Å²) < 4.78 is 0. The van der Waals surface area contributed by atoms with Crippen LogP contribution in [0, 0.1) is 10.1 Å². The van der Waals surface area contributed by atoms with Gasteiger partial charge < -0.3 is 0 Å². The molecular formula is C11H13NO2. The van der Waals surface area contributed by atoms with Crippen LogP contribution < -0.4 is 0 Å². The smallest absolute Gasteiger partial charge is 0.235 e. The Balaban J connectivity index is 2.89. The van der Waals surface area contributed by atoms with Gasteiger partial charge in [0.05, 0.1) is 4.92 Å². The highest BCUT2D eigenvalue weighted by molar-refractivity contribution is 5.49. The monoisotopic (exact) mass is 191 g/mol. The molecule has 0 aliphatic carbocycles. The van der Waals surface area contributed by atoms with Crippen molar-refractivity contribution in [1.29, 1.82) is 0 Å². The number of hydrogen-bond acceptors (Lipinski definition) is 2. The number of nitrogens with zero attached hydrogens (tertiary/aromatic N) is 1. The molecule has 0 amide bonds. The third kappa shape index (κ3) is 3.01. The van der Waals surface area contributed by atoms with E-state index in [2.05, 4.69) is 13.8 Å². The summed E-state index contributed by atoms with van der Waals surface area (Å²) in [5.74, 6) is 0.443. The normalized spacial score (nSPS) is 11.1. The summed E-state index contributed by atoms with van der Waals surface area (Å²) in [6.45, 7) is 4.19. The van der Waals surface area contributed by atoms with Crippen molar-refractivity contribution in [3.63, 3.8) is 0 Å². The zero-order valence-corrected chi connectivity index (χ0v) is 8.31. The summed E-state index contributed by atoms with van der Waals surface area (Å²) in [4.78, 5) is 9.65. The molecule has 14 heavy (non-hydrogen) atoms. The fourth-order valence-corrected chi connectivity index (χ4v) is 1.17. The molecule has 0 spiro atoms. The van der Waals surface area contributed by atoms with Crippen molar-refractivity contribution < 1.29 is 4.92 Å². The van der Waals surface area contributed by atoms with E-state index in [1.807, 2.05) is 24.3 Å². The van der Waals surface area contributed by atoms with Crippen LogP contribution >= 0.6 is 0 Å². The molecule has 1 rings (SSSR count). The largest absolute Gasteiger partial charge is 0.259 e. The first-order valence-corrected chi connectivity index (χ1v) is 4.51. The van der Waals surface area contributed by atoms with E-state index in [9.17, 15) is 10.1 Å². The van der Waals surface area contributed by atoms with Crippen molar-refractivity contribution in [3.8, 4) is 0 Å². The van der Waals surface area contributed by atoms with Gasteiger partial charge in [0.2, 0.25) is 6.20 Å². The van der Waals surface area contributed by atoms with E-state index in [1.165, 1.54) is 11.6 Å². The summed E-state index contributed by atoms with van der Waals surface area (Å²) in [7, 11) is 0. The number of benzene rings is 1. The van der Waals surface area contributed by atoms with Gasteiger partial charge in [-0.1, -0.05) is 38.1 Å². The molecule has 0 aliphatic rings. The van der Waals surface area contributed by atoms with Crippen LogP contribution in [-0.2, 0) is 0 Å². The average molecular weight is 191 g/mol. The first kappa shape index (κ1) is 10.4. The van der Waals surface area contributed by atoms with E-state index in [4.69, 9.17) is 0 Å². The van der Waals surface area contributed by atoms with E-state index in [-0.39, 0.29) is 0 Å². The van der Waals surface area contributed by atoms with Crippen LogP contribution in [0.1, 0.15) is 30.9 Å². The van der Waals surface area contributed by atoms with Gasteiger partial charge in [0, 0.05) is 6.08 Å². The summed E-state index contributed by atoms with van der Waals surface area (Å²) in [5, 5.41) is 10.1. The molecule has 3 nitrogen and oxygen atoms in total. The van der Waals surface area contributed by atoms with Crippen molar-refractivity contribution in [3.05, 3.63) is 51.7 Å². The molecule has 0 saturated carbocycles. The van der Waals surface area contributed by atoms with Gasteiger partial charge in [-0.2, -0.15) is 0 Å². The highest BCUT2D eigenvalue weighted by Crippen LogP contribution is 2.16. The van der Waals surface area contributed by atoms with E-state index in [1.54, 1.807) is 0 Å². The molecule has 0 fully saturated rings. The third-order valence-electron chi connectivity index (χ3n) is 1.97. The molecule has 1 aromatic carbocycles. The van der Waals surface area contributed by atoms with Gasteiger partial charge in [0.1, 0.15) is 0 Å². The van der Waals surface area contributed by atoms with Gasteiger partial charge in [0.25, 0.3) is 0 Å². The van der Waals surface area contributed by atoms with Crippen molar-refractivity contribution in [2.75, 3.05) is 0 Å². The Morgan fingerprint density at radius 3 is 2.71 bits per heavy atom. The van der Waals surface area contributed by atoms with Crippen molar-refractivity contribution in [1.82, 2.24) is 0 Å². The Morgan fingerprint density at radius 1 is 1.43 bits per heavy atom.